The van der Waals surface area contributed by atoms with E-state index < -0.39 is 0 Å². The summed E-state index contributed by atoms with van der Waals surface area (Å²) in [6.07, 6.45) is 3.35. The molecule has 4 N–H and O–H groups in total. The average Bonchev–Trinajstić information content (AvgIpc) is 2.40. The first-order valence-electron chi connectivity index (χ1n) is 5.49. The van der Waals surface area contributed by atoms with Crippen LogP contribution < -0.4 is 11.5 Å². The van der Waals surface area contributed by atoms with Crippen molar-refractivity contribution in [2.75, 3.05) is 0 Å². The van der Waals surface area contributed by atoms with Gasteiger partial charge in [0, 0.05) is 16.2 Å². The lowest BCUT2D eigenvalue weighted by atomic mass is 10.1. The van der Waals surface area contributed by atoms with E-state index in [0.717, 1.165) is 21.3 Å². The first-order valence-corrected chi connectivity index (χ1v) is 6.28. The summed E-state index contributed by atoms with van der Waals surface area (Å²) >= 11 is 3.36. The summed E-state index contributed by atoms with van der Waals surface area (Å²) in [7, 11) is 0. The monoisotopic (exact) mass is 317 g/mol. The number of halogens is 1. The maximum Gasteiger partial charge on any atom is 0.211 e. The molecule has 0 saturated carbocycles. The molecule has 2 rings (SSSR count). The van der Waals surface area contributed by atoms with Crippen molar-refractivity contribution in [1.29, 1.82) is 0 Å². The van der Waals surface area contributed by atoms with Crippen LogP contribution in [0.4, 0.5) is 0 Å². The van der Waals surface area contributed by atoms with Gasteiger partial charge in [0.25, 0.3) is 0 Å². The molecule has 0 fully saturated rings. The highest BCUT2D eigenvalue weighted by atomic mass is 79.9. The Morgan fingerprint density at radius 1 is 1.11 bits per heavy atom. The van der Waals surface area contributed by atoms with Crippen LogP contribution in [0.2, 0.25) is 0 Å². The Hall–Kier alpha value is -2.21. The average molecular weight is 318 g/mol. The van der Waals surface area contributed by atoms with Crippen molar-refractivity contribution in [1.82, 2.24) is 4.98 Å². The Kier molecular flexibility index (Phi) is 4.25. The van der Waals surface area contributed by atoms with Gasteiger partial charge in [-0.25, -0.2) is 0 Å². The van der Waals surface area contributed by atoms with Crippen LogP contribution in [0.15, 0.2) is 57.3 Å². The molecule has 1 aromatic carbocycles. The Labute approximate surface area is 119 Å². The number of nitrogens with zero attached hydrogens (tertiary/aromatic N) is 3. The van der Waals surface area contributed by atoms with Crippen LogP contribution in [-0.4, -0.2) is 17.2 Å². The molecule has 0 unspecified atom stereocenters. The number of benzene rings is 1. The molecule has 0 amide bonds. The molecule has 96 valence electrons. The van der Waals surface area contributed by atoms with Gasteiger partial charge in [0.15, 0.2) is 0 Å². The summed E-state index contributed by atoms with van der Waals surface area (Å²) in [4.78, 5) is 4.33. The first-order chi connectivity index (χ1) is 9.15. The number of pyridine rings is 1. The van der Waals surface area contributed by atoms with Crippen LogP contribution in [0.25, 0.3) is 11.3 Å². The van der Waals surface area contributed by atoms with Gasteiger partial charge in [-0.05, 0) is 33.6 Å². The molecule has 1 aromatic heterocycles. The smallest absolute Gasteiger partial charge is 0.211 e. The normalized spacial score (nSPS) is 10.6. The minimum absolute atomic E-state index is 0.0630. The zero-order valence-corrected chi connectivity index (χ0v) is 11.6. The number of hydrogen-bond donors (Lipinski definition) is 2. The summed E-state index contributed by atoms with van der Waals surface area (Å²) in [6.45, 7) is 0. The SMILES string of the molecule is NC(N)=NN=Cc1ccc(-c2ccc(Br)cn2)cc1. The van der Waals surface area contributed by atoms with Crippen molar-refractivity contribution in [3.8, 4) is 11.3 Å². The van der Waals surface area contributed by atoms with Crippen LogP contribution in [-0.2, 0) is 0 Å². The Morgan fingerprint density at radius 2 is 1.84 bits per heavy atom. The van der Waals surface area contributed by atoms with Crippen molar-refractivity contribution >= 4 is 28.1 Å². The quantitative estimate of drug-likeness (QED) is 0.516. The summed E-state index contributed by atoms with van der Waals surface area (Å²) < 4.78 is 0.956. The second kappa shape index (κ2) is 6.10. The standard InChI is InChI=1S/C13H12BrN5/c14-11-5-6-12(17-8-11)10-3-1-9(2-4-10)7-18-19-13(15)16/h1-8H,(H4,15,16,19). The van der Waals surface area contributed by atoms with E-state index in [2.05, 4.69) is 31.1 Å². The molecule has 5 nitrogen and oxygen atoms in total. The number of rotatable bonds is 3. The van der Waals surface area contributed by atoms with Gasteiger partial charge in [-0.3, -0.25) is 4.98 Å². The van der Waals surface area contributed by atoms with Crippen molar-refractivity contribution in [3.05, 3.63) is 52.6 Å². The molecule has 0 spiro atoms. The van der Waals surface area contributed by atoms with Crippen molar-refractivity contribution < 1.29 is 0 Å². The Balaban J connectivity index is 2.16. The van der Waals surface area contributed by atoms with Crippen LogP contribution in [0.5, 0.6) is 0 Å². The molecule has 0 radical (unpaired) electrons. The predicted octanol–water partition coefficient (Wildman–Crippen LogP) is 2.12. The fourth-order valence-electron chi connectivity index (χ4n) is 1.45. The van der Waals surface area contributed by atoms with Gasteiger partial charge in [-0.1, -0.05) is 24.3 Å². The maximum atomic E-state index is 5.17. The Bertz CT molecular complexity index is 598. The zero-order chi connectivity index (χ0) is 13.7. The third-order valence-electron chi connectivity index (χ3n) is 2.31. The number of aromatic nitrogens is 1. The first kappa shape index (κ1) is 13.2. The summed E-state index contributed by atoms with van der Waals surface area (Å²) in [6, 6.07) is 11.7. The van der Waals surface area contributed by atoms with Crippen molar-refractivity contribution in [2.24, 2.45) is 21.7 Å². The second-order valence-electron chi connectivity index (χ2n) is 3.75. The molecule has 1 heterocycles. The second-order valence-corrected chi connectivity index (χ2v) is 4.67. The third kappa shape index (κ3) is 3.89. The molecular weight excluding hydrogens is 306 g/mol. The van der Waals surface area contributed by atoms with Gasteiger partial charge in [0.05, 0.1) is 11.9 Å². The largest absolute Gasteiger partial charge is 0.369 e. The van der Waals surface area contributed by atoms with Gasteiger partial charge in [0.2, 0.25) is 5.96 Å². The highest BCUT2D eigenvalue weighted by Crippen LogP contribution is 2.18. The van der Waals surface area contributed by atoms with E-state index in [4.69, 9.17) is 11.5 Å². The molecule has 19 heavy (non-hydrogen) atoms. The third-order valence-corrected chi connectivity index (χ3v) is 2.78. The minimum atomic E-state index is -0.0630. The minimum Gasteiger partial charge on any atom is -0.369 e. The topological polar surface area (TPSA) is 89.7 Å². The lowest BCUT2D eigenvalue weighted by Crippen LogP contribution is -2.21. The number of guanidine groups is 1. The van der Waals surface area contributed by atoms with Crippen LogP contribution in [0.3, 0.4) is 0 Å². The molecule has 0 aliphatic heterocycles. The van der Waals surface area contributed by atoms with E-state index >= 15 is 0 Å². The summed E-state index contributed by atoms with van der Waals surface area (Å²) in [5.41, 5.74) is 13.2. The van der Waals surface area contributed by atoms with E-state index in [1.54, 1.807) is 12.4 Å². The fraction of sp³-hybridized carbons (Fsp3) is 0. The molecular formula is C13H12BrN5. The zero-order valence-electron chi connectivity index (χ0n) is 9.99. The molecule has 0 atom stereocenters. The van der Waals surface area contributed by atoms with Crippen molar-refractivity contribution in [2.45, 2.75) is 0 Å². The summed E-state index contributed by atoms with van der Waals surface area (Å²) in [5.74, 6) is -0.0630. The highest BCUT2D eigenvalue weighted by Gasteiger charge is 1.98. The van der Waals surface area contributed by atoms with Crippen LogP contribution >= 0.6 is 15.9 Å². The van der Waals surface area contributed by atoms with E-state index in [1.165, 1.54) is 0 Å². The van der Waals surface area contributed by atoms with E-state index in [1.807, 2.05) is 36.4 Å². The van der Waals surface area contributed by atoms with Crippen LogP contribution in [0.1, 0.15) is 5.56 Å². The molecule has 0 bridgehead atoms. The van der Waals surface area contributed by atoms with Gasteiger partial charge in [-0.2, -0.15) is 5.10 Å². The van der Waals surface area contributed by atoms with E-state index in [-0.39, 0.29) is 5.96 Å². The van der Waals surface area contributed by atoms with Gasteiger partial charge < -0.3 is 11.5 Å². The highest BCUT2D eigenvalue weighted by molar-refractivity contribution is 9.10. The molecule has 6 heteroatoms. The van der Waals surface area contributed by atoms with Crippen LogP contribution in [0, 0.1) is 0 Å². The fourth-order valence-corrected chi connectivity index (χ4v) is 1.68. The Morgan fingerprint density at radius 3 is 2.42 bits per heavy atom. The summed E-state index contributed by atoms with van der Waals surface area (Å²) in [5, 5.41) is 7.28. The number of nitrogens with two attached hydrogens (primary N) is 2. The van der Waals surface area contributed by atoms with Gasteiger partial charge >= 0.3 is 0 Å². The van der Waals surface area contributed by atoms with E-state index in [0.29, 0.717) is 0 Å². The lowest BCUT2D eigenvalue weighted by molar-refractivity contribution is 1.21. The van der Waals surface area contributed by atoms with Gasteiger partial charge in [-0.15, -0.1) is 5.10 Å². The molecule has 0 saturated heterocycles. The van der Waals surface area contributed by atoms with Crippen molar-refractivity contribution in [3.63, 3.8) is 0 Å². The van der Waals surface area contributed by atoms with E-state index in [9.17, 15) is 0 Å². The van der Waals surface area contributed by atoms with Gasteiger partial charge in [0.1, 0.15) is 0 Å². The molecule has 0 aliphatic carbocycles. The molecule has 2 aromatic rings. The predicted molar refractivity (Wildman–Crippen MR) is 80.8 cm³/mol. The maximum absolute atomic E-state index is 5.17. The molecule has 0 aliphatic rings. The lowest BCUT2D eigenvalue weighted by Gasteiger charge is -2.01. The number of hydrogen-bond acceptors (Lipinski definition) is 3.